The molecule has 0 aliphatic heterocycles. The van der Waals surface area contributed by atoms with E-state index in [4.69, 9.17) is 15.6 Å². The van der Waals surface area contributed by atoms with Crippen molar-refractivity contribution in [1.29, 1.82) is 0 Å². The lowest BCUT2D eigenvalue weighted by Crippen LogP contribution is -2.29. The lowest BCUT2D eigenvalue weighted by atomic mass is 9.97. The third kappa shape index (κ3) is 4.56. The predicted octanol–water partition coefficient (Wildman–Crippen LogP) is 2.55. The first kappa shape index (κ1) is 15.5. The molecule has 19 heavy (non-hydrogen) atoms. The van der Waals surface area contributed by atoms with E-state index < -0.39 is 12.0 Å². The second-order valence-corrected chi connectivity index (χ2v) is 5.06. The van der Waals surface area contributed by atoms with Crippen molar-refractivity contribution in [3.63, 3.8) is 0 Å². The van der Waals surface area contributed by atoms with Gasteiger partial charge >= 0.3 is 5.97 Å². The summed E-state index contributed by atoms with van der Waals surface area (Å²) in [5.41, 5.74) is 7.88. The SMILES string of the molecule is COc1ccc(C(C)C)cc1CCCC(N)C(=O)O. The molecule has 0 saturated carbocycles. The summed E-state index contributed by atoms with van der Waals surface area (Å²) in [6, 6.07) is 5.40. The molecule has 0 spiro atoms. The molecule has 0 aromatic heterocycles. The molecule has 0 heterocycles. The molecule has 0 amide bonds. The van der Waals surface area contributed by atoms with Crippen molar-refractivity contribution in [3.8, 4) is 5.75 Å². The summed E-state index contributed by atoms with van der Waals surface area (Å²) in [4.78, 5) is 10.7. The Hall–Kier alpha value is -1.55. The highest BCUT2D eigenvalue weighted by Gasteiger charge is 2.12. The van der Waals surface area contributed by atoms with Gasteiger partial charge in [0.25, 0.3) is 0 Å². The van der Waals surface area contributed by atoms with Crippen molar-refractivity contribution in [2.24, 2.45) is 5.73 Å². The van der Waals surface area contributed by atoms with Crippen molar-refractivity contribution in [2.75, 3.05) is 7.11 Å². The number of carboxylic acids is 1. The highest BCUT2D eigenvalue weighted by atomic mass is 16.5. The number of carboxylic acid groups (broad SMARTS) is 1. The van der Waals surface area contributed by atoms with E-state index in [0.29, 0.717) is 12.3 Å². The van der Waals surface area contributed by atoms with Crippen LogP contribution in [-0.2, 0) is 11.2 Å². The minimum absolute atomic E-state index is 0.464. The molecule has 106 valence electrons. The Kier molecular flexibility index (Phi) is 5.83. The lowest BCUT2D eigenvalue weighted by molar-refractivity contribution is -0.138. The molecule has 1 unspecified atom stereocenters. The largest absolute Gasteiger partial charge is 0.496 e. The molecule has 3 N–H and O–H groups in total. The van der Waals surface area contributed by atoms with Gasteiger partial charge in [-0.1, -0.05) is 26.0 Å². The van der Waals surface area contributed by atoms with Crippen molar-refractivity contribution in [2.45, 2.75) is 45.1 Å². The Labute approximate surface area is 114 Å². The number of benzene rings is 1. The number of methoxy groups -OCH3 is 1. The maximum absolute atomic E-state index is 10.7. The van der Waals surface area contributed by atoms with Crippen LogP contribution < -0.4 is 10.5 Å². The van der Waals surface area contributed by atoms with Gasteiger partial charge in [-0.2, -0.15) is 0 Å². The molecule has 0 aliphatic carbocycles. The quantitative estimate of drug-likeness (QED) is 0.794. The summed E-state index contributed by atoms with van der Waals surface area (Å²) >= 11 is 0. The van der Waals surface area contributed by atoms with Crippen LogP contribution in [0.15, 0.2) is 18.2 Å². The smallest absolute Gasteiger partial charge is 0.320 e. The molecule has 1 aromatic carbocycles. The number of rotatable bonds is 7. The van der Waals surface area contributed by atoms with E-state index in [-0.39, 0.29) is 0 Å². The van der Waals surface area contributed by atoms with Crippen LogP contribution in [0.3, 0.4) is 0 Å². The molecule has 0 saturated heterocycles. The second-order valence-electron chi connectivity index (χ2n) is 5.06. The topological polar surface area (TPSA) is 72.5 Å². The Morgan fingerprint density at radius 1 is 1.42 bits per heavy atom. The summed E-state index contributed by atoms with van der Waals surface area (Å²) in [5.74, 6) is 0.377. The van der Waals surface area contributed by atoms with E-state index >= 15 is 0 Å². The van der Waals surface area contributed by atoms with Gasteiger partial charge in [0.1, 0.15) is 11.8 Å². The van der Waals surface area contributed by atoms with E-state index in [0.717, 1.165) is 24.2 Å². The highest BCUT2D eigenvalue weighted by molar-refractivity contribution is 5.72. The molecule has 4 nitrogen and oxygen atoms in total. The van der Waals surface area contributed by atoms with E-state index in [1.807, 2.05) is 6.07 Å². The van der Waals surface area contributed by atoms with E-state index in [9.17, 15) is 4.79 Å². The summed E-state index contributed by atoms with van der Waals surface area (Å²) < 4.78 is 5.34. The first-order valence-electron chi connectivity index (χ1n) is 6.61. The molecule has 1 rings (SSSR count). The van der Waals surface area contributed by atoms with Crippen LogP contribution in [0.2, 0.25) is 0 Å². The van der Waals surface area contributed by atoms with Crippen LogP contribution >= 0.6 is 0 Å². The Bertz CT molecular complexity index is 429. The van der Waals surface area contributed by atoms with Gasteiger partial charge in [0.05, 0.1) is 7.11 Å². The van der Waals surface area contributed by atoms with E-state index in [2.05, 4.69) is 26.0 Å². The molecular formula is C15H23NO3. The molecule has 1 atom stereocenters. The van der Waals surface area contributed by atoms with Gasteiger partial charge in [-0.05, 0) is 42.4 Å². The van der Waals surface area contributed by atoms with Gasteiger partial charge in [0.15, 0.2) is 0 Å². The first-order chi connectivity index (χ1) is 8.95. The number of nitrogens with two attached hydrogens (primary N) is 1. The maximum atomic E-state index is 10.7. The molecule has 1 aromatic rings. The van der Waals surface area contributed by atoms with Crippen LogP contribution in [0.1, 0.15) is 43.7 Å². The zero-order valence-electron chi connectivity index (χ0n) is 11.8. The zero-order valence-corrected chi connectivity index (χ0v) is 11.8. The summed E-state index contributed by atoms with van der Waals surface area (Å²) in [7, 11) is 1.65. The molecule has 0 bridgehead atoms. The molecule has 4 heteroatoms. The zero-order chi connectivity index (χ0) is 14.4. The Morgan fingerprint density at radius 2 is 2.11 bits per heavy atom. The third-order valence-electron chi connectivity index (χ3n) is 3.25. The fourth-order valence-electron chi connectivity index (χ4n) is 1.99. The second kappa shape index (κ2) is 7.14. The normalized spacial score (nSPS) is 12.5. The van der Waals surface area contributed by atoms with Crippen LogP contribution in [0.25, 0.3) is 0 Å². The van der Waals surface area contributed by atoms with Crippen molar-refractivity contribution in [3.05, 3.63) is 29.3 Å². The summed E-state index contributed by atoms with van der Waals surface area (Å²) in [5, 5.41) is 8.75. The van der Waals surface area contributed by atoms with Crippen LogP contribution in [0.5, 0.6) is 5.75 Å². The van der Waals surface area contributed by atoms with Crippen LogP contribution in [-0.4, -0.2) is 24.2 Å². The third-order valence-corrected chi connectivity index (χ3v) is 3.25. The molecular weight excluding hydrogens is 242 g/mol. The Morgan fingerprint density at radius 3 is 2.63 bits per heavy atom. The number of hydrogen-bond acceptors (Lipinski definition) is 3. The monoisotopic (exact) mass is 265 g/mol. The number of aliphatic carboxylic acids is 1. The molecule has 0 aliphatic rings. The number of carbonyl (C=O) groups is 1. The fourth-order valence-corrected chi connectivity index (χ4v) is 1.99. The maximum Gasteiger partial charge on any atom is 0.320 e. The van der Waals surface area contributed by atoms with Gasteiger partial charge in [-0.3, -0.25) is 4.79 Å². The predicted molar refractivity (Wildman–Crippen MR) is 75.6 cm³/mol. The molecule has 0 radical (unpaired) electrons. The van der Waals surface area contributed by atoms with Gasteiger partial charge in [-0.25, -0.2) is 0 Å². The average Bonchev–Trinajstić information content (AvgIpc) is 2.38. The summed E-state index contributed by atoms with van der Waals surface area (Å²) in [6.07, 6.45) is 2.00. The summed E-state index contributed by atoms with van der Waals surface area (Å²) in [6.45, 7) is 4.29. The first-order valence-corrected chi connectivity index (χ1v) is 6.61. The van der Waals surface area contributed by atoms with Gasteiger partial charge in [0.2, 0.25) is 0 Å². The van der Waals surface area contributed by atoms with E-state index in [1.54, 1.807) is 7.11 Å². The Balaban J connectivity index is 2.70. The van der Waals surface area contributed by atoms with Crippen LogP contribution in [0, 0.1) is 0 Å². The number of ether oxygens (including phenoxy) is 1. The average molecular weight is 265 g/mol. The minimum Gasteiger partial charge on any atom is -0.496 e. The number of aryl methyl sites for hydroxylation is 1. The van der Waals surface area contributed by atoms with E-state index in [1.165, 1.54) is 5.56 Å². The standard InChI is InChI=1S/C15H23NO3/c1-10(2)11-7-8-14(19-3)12(9-11)5-4-6-13(16)15(17)18/h7-10,13H,4-6,16H2,1-3H3,(H,17,18). The van der Waals surface area contributed by atoms with Crippen molar-refractivity contribution >= 4 is 5.97 Å². The van der Waals surface area contributed by atoms with Crippen LogP contribution in [0.4, 0.5) is 0 Å². The minimum atomic E-state index is -0.942. The van der Waals surface area contributed by atoms with Gasteiger partial charge in [0, 0.05) is 0 Å². The molecule has 0 fully saturated rings. The van der Waals surface area contributed by atoms with Crippen molar-refractivity contribution < 1.29 is 14.6 Å². The van der Waals surface area contributed by atoms with Gasteiger partial charge < -0.3 is 15.6 Å². The lowest BCUT2D eigenvalue weighted by Gasteiger charge is -2.13. The fraction of sp³-hybridized carbons (Fsp3) is 0.533. The van der Waals surface area contributed by atoms with Gasteiger partial charge in [-0.15, -0.1) is 0 Å². The highest BCUT2D eigenvalue weighted by Crippen LogP contribution is 2.25. The number of hydrogen-bond donors (Lipinski definition) is 2. The van der Waals surface area contributed by atoms with Crippen molar-refractivity contribution in [1.82, 2.24) is 0 Å².